The molecule has 2 atom stereocenters. The van der Waals surface area contributed by atoms with Crippen LogP contribution in [0.5, 0.6) is 5.75 Å². The van der Waals surface area contributed by atoms with Crippen molar-refractivity contribution in [2.75, 3.05) is 20.2 Å². The third kappa shape index (κ3) is 6.82. The lowest BCUT2D eigenvalue weighted by atomic mass is 9.86. The largest absolute Gasteiger partial charge is 0.490 e. The number of fused-ring (bicyclic) bond motifs is 5. The second-order valence-electron chi connectivity index (χ2n) is 11.1. The third-order valence-electron chi connectivity index (χ3n) is 7.93. The molecule has 0 radical (unpaired) electrons. The Balaban J connectivity index is 0.000000671. The number of carbonyl (C=O) groups is 4. The number of halogens is 3. The van der Waals surface area contributed by atoms with Crippen LogP contribution < -0.4 is 16.0 Å². The Labute approximate surface area is 270 Å². The van der Waals surface area contributed by atoms with E-state index in [9.17, 15) is 37.5 Å². The number of aryl methyl sites for hydroxylation is 1. The number of ether oxygens (including phenoxy) is 3. The number of cyclic esters (lactones) is 1. The van der Waals surface area contributed by atoms with Crippen LogP contribution in [0.2, 0.25) is 0 Å². The van der Waals surface area contributed by atoms with Gasteiger partial charge in [0.25, 0.3) is 5.56 Å². The number of rotatable bonds is 7. The first-order chi connectivity index (χ1) is 22.4. The monoisotopic (exact) mass is 678 g/mol. The number of amides is 1. The van der Waals surface area contributed by atoms with Crippen molar-refractivity contribution in [2.45, 2.75) is 64.6 Å². The molecule has 0 saturated heterocycles. The van der Waals surface area contributed by atoms with Gasteiger partial charge in [-0.1, -0.05) is 13.8 Å². The zero-order chi connectivity index (χ0) is 35.7. The highest BCUT2D eigenvalue weighted by atomic mass is 19.4. The molecule has 1 amide bonds. The Morgan fingerprint density at radius 1 is 1.19 bits per heavy atom. The fraction of sp³-hybridized carbons (Fsp3) is 0.419. The molecule has 2 aromatic heterocycles. The predicted octanol–water partition coefficient (Wildman–Crippen LogP) is 2.60. The molecule has 0 aliphatic carbocycles. The molecule has 0 spiro atoms. The van der Waals surface area contributed by atoms with Crippen molar-refractivity contribution in [1.29, 1.82) is 0 Å². The molecule has 1 aromatic carbocycles. The van der Waals surface area contributed by atoms with Gasteiger partial charge in [0.15, 0.2) is 5.60 Å². The van der Waals surface area contributed by atoms with Crippen molar-refractivity contribution >= 4 is 34.9 Å². The summed E-state index contributed by atoms with van der Waals surface area (Å²) < 4.78 is 49.1. The Bertz CT molecular complexity index is 1860. The summed E-state index contributed by atoms with van der Waals surface area (Å²) in [5.41, 5.74) is 7.34. The smallest absolute Gasteiger partial charge is 0.475 e. The lowest BCUT2D eigenvalue weighted by molar-refractivity contribution is -0.192. The number of esters is 2. The minimum absolute atomic E-state index is 0.0148. The average molecular weight is 679 g/mol. The minimum atomic E-state index is -5.08. The van der Waals surface area contributed by atoms with E-state index >= 15 is 0 Å². The zero-order valence-corrected chi connectivity index (χ0v) is 26.3. The van der Waals surface area contributed by atoms with Gasteiger partial charge < -0.3 is 39.6 Å². The number of likely N-dealkylation sites (N-methyl/N-ethyl adjacent to an activating group) is 1. The molecule has 2 aliphatic heterocycles. The first kappa shape index (κ1) is 35.8. The van der Waals surface area contributed by atoms with E-state index in [0.29, 0.717) is 29.1 Å². The van der Waals surface area contributed by atoms with Gasteiger partial charge in [-0.25, -0.2) is 19.4 Å². The number of hydrogen-bond donors (Lipinski definition) is 3. The third-order valence-corrected chi connectivity index (χ3v) is 7.93. The molecule has 5 rings (SSSR count). The van der Waals surface area contributed by atoms with Gasteiger partial charge in [-0.3, -0.25) is 9.59 Å². The molecule has 2 aliphatic rings. The van der Waals surface area contributed by atoms with Crippen LogP contribution in [-0.2, 0) is 49.0 Å². The molecule has 14 nitrogen and oxygen atoms in total. The van der Waals surface area contributed by atoms with Crippen molar-refractivity contribution in [1.82, 2.24) is 14.5 Å². The van der Waals surface area contributed by atoms with E-state index in [1.807, 2.05) is 6.92 Å². The molecule has 4 N–H and O–H groups in total. The summed E-state index contributed by atoms with van der Waals surface area (Å²) in [5, 5.41) is 19.0. The van der Waals surface area contributed by atoms with Gasteiger partial charge >= 0.3 is 30.2 Å². The van der Waals surface area contributed by atoms with Crippen molar-refractivity contribution in [3.8, 4) is 17.1 Å². The lowest BCUT2D eigenvalue weighted by Crippen LogP contribution is -2.44. The van der Waals surface area contributed by atoms with E-state index in [4.69, 9.17) is 34.8 Å². The number of aliphatic hydroxyl groups is 1. The summed E-state index contributed by atoms with van der Waals surface area (Å²) in [6.45, 7) is 5.36. The number of carboxylic acids is 1. The number of aromatic nitrogens is 2. The molecule has 17 heteroatoms. The van der Waals surface area contributed by atoms with Gasteiger partial charge in [-0.05, 0) is 49.6 Å². The summed E-state index contributed by atoms with van der Waals surface area (Å²) >= 11 is 0. The molecule has 0 bridgehead atoms. The van der Waals surface area contributed by atoms with E-state index in [1.165, 1.54) is 18.9 Å². The average Bonchev–Trinajstić information content (AvgIpc) is 3.40. The number of pyridine rings is 2. The Hall–Kier alpha value is -5.03. The number of carbonyl (C=O) groups excluding carboxylic acids is 3. The molecule has 258 valence electrons. The van der Waals surface area contributed by atoms with Crippen LogP contribution in [0.4, 0.5) is 18.0 Å². The highest BCUT2D eigenvalue weighted by Gasteiger charge is 2.45. The Morgan fingerprint density at radius 2 is 1.85 bits per heavy atom. The van der Waals surface area contributed by atoms with E-state index in [0.717, 1.165) is 16.5 Å². The molecule has 0 fully saturated rings. The summed E-state index contributed by atoms with van der Waals surface area (Å²) in [6.07, 6.45) is -5.03. The lowest BCUT2D eigenvalue weighted by Gasteiger charge is -2.31. The van der Waals surface area contributed by atoms with Crippen molar-refractivity contribution in [2.24, 2.45) is 5.73 Å². The normalized spacial score (nSPS) is 16.8. The van der Waals surface area contributed by atoms with Crippen LogP contribution in [-0.4, -0.2) is 81.1 Å². The van der Waals surface area contributed by atoms with Crippen molar-refractivity contribution in [3.63, 3.8) is 0 Å². The van der Waals surface area contributed by atoms with Crippen molar-refractivity contribution in [3.05, 3.63) is 56.9 Å². The highest BCUT2D eigenvalue weighted by Crippen LogP contribution is 2.40. The first-order valence-corrected chi connectivity index (χ1v) is 14.7. The van der Waals surface area contributed by atoms with Gasteiger partial charge in [0, 0.05) is 23.6 Å². The minimum Gasteiger partial charge on any atom is -0.475 e. The molecule has 0 unspecified atom stereocenters. The fourth-order valence-corrected chi connectivity index (χ4v) is 5.29. The number of alkyl halides is 3. The van der Waals surface area contributed by atoms with Gasteiger partial charge in [-0.15, -0.1) is 0 Å². The zero-order valence-electron chi connectivity index (χ0n) is 26.3. The summed E-state index contributed by atoms with van der Waals surface area (Å²) in [5.74, 6) is -3.77. The molecule has 3 aromatic rings. The summed E-state index contributed by atoms with van der Waals surface area (Å²) in [4.78, 5) is 65.1. The Morgan fingerprint density at radius 3 is 2.44 bits per heavy atom. The van der Waals surface area contributed by atoms with Gasteiger partial charge in [0.2, 0.25) is 0 Å². The SMILES string of the molecule is CCc1c2c(nc3ccc(OC(=O)N(C)CCOC(=O)[C@H](C)N)cc13)-c1cc3c(c(=O)n1C2)COC(=O)[C@]3(O)CC.O=C(O)C(F)(F)F. The van der Waals surface area contributed by atoms with Crippen LogP contribution in [0.15, 0.2) is 29.1 Å². The summed E-state index contributed by atoms with van der Waals surface area (Å²) in [7, 11) is 1.53. The van der Waals surface area contributed by atoms with Crippen LogP contribution in [0.25, 0.3) is 22.3 Å². The van der Waals surface area contributed by atoms with Crippen LogP contribution in [0.1, 0.15) is 49.4 Å². The molecule has 48 heavy (non-hydrogen) atoms. The molecular formula is C31H33F3N4O10. The highest BCUT2D eigenvalue weighted by molar-refractivity contribution is 5.90. The second kappa shape index (κ2) is 13.6. The van der Waals surface area contributed by atoms with E-state index in [2.05, 4.69) is 0 Å². The van der Waals surface area contributed by atoms with E-state index < -0.39 is 41.8 Å². The second-order valence-corrected chi connectivity index (χ2v) is 11.1. The van der Waals surface area contributed by atoms with Gasteiger partial charge in [0.05, 0.1) is 35.6 Å². The molecular weight excluding hydrogens is 645 g/mol. The quantitative estimate of drug-likeness (QED) is 0.242. The van der Waals surface area contributed by atoms with Crippen molar-refractivity contribution < 1.29 is 56.8 Å². The maximum Gasteiger partial charge on any atom is 0.490 e. The van der Waals surface area contributed by atoms with E-state index in [1.54, 1.807) is 35.8 Å². The van der Waals surface area contributed by atoms with Crippen LogP contribution >= 0.6 is 0 Å². The maximum atomic E-state index is 13.5. The molecule has 4 heterocycles. The number of benzene rings is 1. The number of carboxylic acid groups (broad SMARTS) is 1. The maximum absolute atomic E-state index is 13.5. The van der Waals surface area contributed by atoms with Crippen LogP contribution in [0, 0.1) is 0 Å². The first-order valence-electron chi connectivity index (χ1n) is 14.7. The number of nitrogens with zero attached hydrogens (tertiary/aromatic N) is 3. The number of aliphatic carboxylic acids is 1. The Kier molecular flexibility index (Phi) is 10.1. The van der Waals surface area contributed by atoms with Crippen LogP contribution in [0.3, 0.4) is 0 Å². The number of nitrogens with two attached hydrogens (primary N) is 1. The van der Waals surface area contributed by atoms with Gasteiger partial charge in [-0.2, -0.15) is 13.2 Å². The van der Waals surface area contributed by atoms with E-state index in [-0.39, 0.29) is 49.4 Å². The standard InChI is InChI=1S/C29H32N4O8.C2HF3O2/c1-5-17-18-11-16(41-28(37)32(4)9-10-39-26(35)15(3)30)7-8-22(18)31-24-19(17)13-33-23(24)12-21-20(25(33)34)14-40-27(36)29(21,38)6-2;3-2(4,5)1(6)7/h7-8,11-12,15,38H,5-6,9-10,13-14,30H2,1-4H3;(H,6,7)/t15-,29-;/m0./s1. The fourth-order valence-electron chi connectivity index (χ4n) is 5.29. The summed E-state index contributed by atoms with van der Waals surface area (Å²) in [6, 6.07) is 6.04. The number of hydrogen-bond acceptors (Lipinski definition) is 11. The predicted molar refractivity (Wildman–Crippen MR) is 161 cm³/mol. The topological polar surface area (TPSA) is 201 Å². The molecule has 0 saturated carbocycles. The van der Waals surface area contributed by atoms with Gasteiger partial charge in [0.1, 0.15) is 25.0 Å².